The number of hydrogen-bond donors (Lipinski definition) is 1. The number of aryl methyl sites for hydroxylation is 1. The van der Waals surface area contributed by atoms with Gasteiger partial charge in [-0.1, -0.05) is 13.3 Å². The molecule has 0 amide bonds. The molecule has 0 aliphatic heterocycles. The predicted molar refractivity (Wildman–Crippen MR) is 68.7 cm³/mol. The number of nitrogens with zero attached hydrogens (tertiary/aromatic N) is 2. The van der Waals surface area contributed by atoms with E-state index >= 15 is 0 Å². The molecule has 0 saturated carbocycles. The molecule has 0 fully saturated rings. The van der Waals surface area contributed by atoms with Crippen molar-refractivity contribution in [1.29, 1.82) is 0 Å². The Morgan fingerprint density at radius 1 is 1.26 bits per heavy atom. The van der Waals surface area contributed by atoms with Crippen LogP contribution >= 0.6 is 15.9 Å². The Balaban J connectivity index is 2.59. The Labute approximate surface area is 117 Å². The number of halogens is 4. The molecule has 0 radical (unpaired) electrons. The molecule has 0 aromatic carbocycles. The molecule has 1 rings (SSSR count). The molecular formula is C11H15BrF3N3O. The van der Waals surface area contributed by atoms with E-state index < -0.39 is 12.8 Å². The van der Waals surface area contributed by atoms with Crippen molar-refractivity contribution >= 4 is 21.7 Å². The Kier molecular flexibility index (Phi) is 5.99. The molecule has 0 saturated heterocycles. The topological polar surface area (TPSA) is 61.0 Å². The van der Waals surface area contributed by atoms with Crippen LogP contribution in [0.1, 0.15) is 24.9 Å². The molecule has 1 aromatic rings. The molecule has 19 heavy (non-hydrogen) atoms. The quantitative estimate of drug-likeness (QED) is 0.808. The zero-order valence-corrected chi connectivity index (χ0v) is 12.0. The number of nitrogen functional groups attached to an aromatic ring is 1. The first-order valence-electron chi connectivity index (χ1n) is 5.78. The van der Waals surface area contributed by atoms with Gasteiger partial charge in [-0.25, -0.2) is 9.97 Å². The summed E-state index contributed by atoms with van der Waals surface area (Å²) in [5.41, 5.74) is 6.47. The zero-order valence-electron chi connectivity index (χ0n) is 10.4. The maximum Gasteiger partial charge on any atom is 0.411 e. The van der Waals surface area contributed by atoms with E-state index in [4.69, 9.17) is 5.73 Å². The molecule has 4 nitrogen and oxygen atoms in total. The number of rotatable bonds is 6. The van der Waals surface area contributed by atoms with Crippen molar-refractivity contribution in [2.24, 2.45) is 0 Å². The van der Waals surface area contributed by atoms with E-state index in [1.54, 1.807) is 0 Å². The molecule has 0 unspecified atom stereocenters. The summed E-state index contributed by atoms with van der Waals surface area (Å²) in [7, 11) is 0. The first-order chi connectivity index (χ1) is 8.83. The molecule has 2 N–H and O–H groups in total. The van der Waals surface area contributed by atoms with Gasteiger partial charge in [0.15, 0.2) is 0 Å². The van der Waals surface area contributed by atoms with Gasteiger partial charge in [-0.05, 0) is 22.4 Å². The molecule has 0 atom stereocenters. The number of anilines is 1. The lowest BCUT2D eigenvalue weighted by Crippen LogP contribution is -2.18. The standard InChI is InChI=1S/C11H15BrF3N3O/c1-2-3-7-9(12)10(16)18-8(17-7)4-5-19-6-11(13,14)15/h2-6H2,1H3,(H2,16,17,18). The van der Waals surface area contributed by atoms with Gasteiger partial charge in [-0.15, -0.1) is 0 Å². The van der Waals surface area contributed by atoms with Gasteiger partial charge in [0.2, 0.25) is 0 Å². The number of ether oxygens (including phenoxy) is 1. The van der Waals surface area contributed by atoms with E-state index in [1.807, 2.05) is 6.92 Å². The van der Waals surface area contributed by atoms with E-state index in [-0.39, 0.29) is 13.0 Å². The van der Waals surface area contributed by atoms with Crippen LogP contribution in [-0.4, -0.2) is 29.4 Å². The molecule has 108 valence electrons. The van der Waals surface area contributed by atoms with Crippen LogP contribution in [0.4, 0.5) is 19.0 Å². The summed E-state index contributed by atoms with van der Waals surface area (Å²) in [4.78, 5) is 8.27. The van der Waals surface area contributed by atoms with Gasteiger partial charge in [0.05, 0.1) is 16.8 Å². The summed E-state index contributed by atoms with van der Waals surface area (Å²) in [6.07, 6.45) is -2.50. The van der Waals surface area contributed by atoms with Crippen molar-refractivity contribution in [3.63, 3.8) is 0 Å². The lowest BCUT2D eigenvalue weighted by Gasteiger charge is -2.09. The van der Waals surface area contributed by atoms with Gasteiger partial charge in [0.1, 0.15) is 18.2 Å². The Morgan fingerprint density at radius 3 is 2.53 bits per heavy atom. The molecule has 0 spiro atoms. The third-order valence-corrected chi connectivity index (χ3v) is 3.08. The highest BCUT2D eigenvalue weighted by Gasteiger charge is 2.27. The van der Waals surface area contributed by atoms with Crippen LogP contribution in [0.5, 0.6) is 0 Å². The zero-order chi connectivity index (χ0) is 14.5. The maximum atomic E-state index is 11.9. The average molecular weight is 342 g/mol. The highest BCUT2D eigenvalue weighted by Crippen LogP contribution is 2.22. The summed E-state index contributed by atoms with van der Waals surface area (Å²) in [6, 6.07) is 0. The molecular weight excluding hydrogens is 327 g/mol. The third-order valence-electron chi connectivity index (χ3n) is 2.21. The van der Waals surface area contributed by atoms with Crippen LogP contribution in [0.2, 0.25) is 0 Å². The second-order valence-electron chi connectivity index (χ2n) is 3.95. The van der Waals surface area contributed by atoms with Crippen molar-refractivity contribution in [2.45, 2.75) is 32.4 Å². The average Bonchev–Trinajstić information content (AvgIpc) is 2.30. The van der Waals surface area contributed by atoms with E-state index in [1.165, 1.54) is 0 Å². The fourth-order valence-electron chi connectivity index (χ4n) is 1.43. The Morgan fingerprint density at radius 2 is 1.95 bits per heavy atom. The van der Waals surface area contributed by atoms with Crippen molar-refractivity contribution in [1.82, 2.24) is 9.97 Å². The van der Waals surface area contributed by atoms with Gasteiger partial charge in [-0.3, -0.25) is 0 Å². The molecule has 8 heteroatoms. The number of nitrogens with two attached hydrogens (primary N) is 1. The first-order valence-corrected chi connectivity index (χ1v) is 6.58. The molecule has 1 aromatic heterocycles. The van der Waals surface area contributed by atoms with Crippen molar-refractivity contribution < 1.29 is 17.9 Å². The van der Waals surface area contributed by atoms with Crippen LogP contribution < -0.4 is 5.73 Å². The molecule has 1 heterocycles. The summed E-state index contributed by atoms with van der Waals surface area (Å²) in [5, 5.41) is 0. The van der Waals surface area contributed by atoms with E-state index in [0.717, 1.165) is 18.5 Å². The first kappa shape index (κ1) is 16.2. The molecule has 0 aliphatic carbocycles. The van der Waals surface area contributed by atoms with Crippen LogP contribution in [0.25, 0.3) is 0 Å². The van der Waals surface area contributed by atoms with Gasteiger partial charge in [0, 0.05) is 6.42 Å². The third kappa shape index (κ3) is 5.73. The summed E-state index contributed by atoms with van der Waals surface area (Å²) in [6.45, 7) is 0.643. The second kappa shape index (κ2) is 7.04. The SMILES string of the molecule is CCCc1nc(CCOCC(F)(F)F)nc(N)c1Br. The van der Waals surface area contributed by atoms with Crippen LogP contribution in [0.3, 0.4) is 0 Å². The van der Waals surface area contributed by atoms with E-state index in [9.17, 15) is 13.2 Å². The summed E-state index contributed by atoms with van der Waals surface area (Å²) in [5.74, 6) is 0.690. The molecule has 0 bridgehead atoms. The monoisotopic (exact) mass is 341 g/mol. The maximum absolute atomic E-state index is 11.9. The second-order valence-corrected chi connectivity index (χ2v) is 4.75. The molecule has 0 aliphatic rings. The van der Waals surface area contributed by atoms with Gasteiger partial charge in [0.25, 0.3) is 0 Å². The summed E-state index contributed by atoms with van der Waals surface area (Å²) < 4.78 is 40.8. The predicted octanol–water partition coefficient (Wildman–Crippen LogP) is 2.90. The largest absolute Gasteiger partial charge is 0.411 e. The highest BCUT2D eigenvalue weighted by molar-refractivity contribution is 9.10. The van der Waals surface area contributed by atoms with Crippen LogP contribution in [0.15, 0.2) is 4.47 Å². The Bertz CT molecular complexity index is 426. The minimum atomic E-state index is -4.31. The van der Waals surface area contributed by atoms with E-state index in [0.29, 0.717) is 16.1 Å². The fourth-order valence-corrected chi connectivity index (χ4v) is 1.81. The lowest BCUT2D eigenvalue weighted by atomic mass is 10.2. The van der Waals surface area contributed by atoms with Gasteiger partial charge >= 0.3 is 6.18 Å². The minimum absolute atomic E-state index is 0.0911. The normalized spacial score (nSPS) is 11.8. The van der Waals surface area contributed by atoms with Gasteiger partial charge < -0.3 is 10.5 Å². The van der Waals surface area contributed by atoms with Crippen molar-refractivity contribution in [2.75, 3.05) is 18.9 Å². The summed E-state index contributed by atoms with van der Waals surface area (Å²) >= 11 is 3.29. The number of alkyl halides is 3. The van der Waals surface area contributed by atoms with Crippen molar-refractivity contribution in [3.8, 4) is 0 Å². The number of aromatic nitrogens is 2. The lowest BCUT2D eigenvalue weighted by molar-refractivity contribution is -0.173. The van der Waals surface area contributed by atoms with Crippen LogP contribution in [-0.2, 0) is 17.6 Å². The van der Waals surface area contributed by atoms with Gasteiger partial charge in [-0.2, -0.15) is 13.2 Å². The highest BCUT2D eigenvalue weighted by atomic mass is 79.9. The van der Waals surface area contributed by atoms with E-state index in [2.05, 4.69) is 30.6 Å². The smallest absolute Gasteiger partial charge is 0.383 e. The minimum Gasteiger partial charge on any atom is -0.383 e. The number of hydrogen-bond acceptors (Lipinski definition) is 4. The Hall–Kier alpha value is -0.890. The fraction of sp³-hybridized carbons (Fsp3) is 0.636. The van der Waals surface area contributed by atoms with Crippen molar-refractivity contribution in [3.05, 3.63) is 16.0 Å². The van der Waals surface area contributed by atoms with Crippen LogP contribution in [0, 0.1) is 0 Å².